The minimum atomic E-state index is 0.393. The lowest BCUT2D eigenvalue weighted by Gasteiger charge is -2.15. The Morgan fingerprint density at radius 2 is 2.15 bits per heavy atom. The van der Waals surface area contributed by atoms with Crippen LogP contribution in [0.25, 0.3) is 10.9 Å². The lowest BCUT2D eigenvalue weighted by atomic mass is 10.0. The lowest BCUT2D eigenvalue weighted by Crippen LogP contribution is -2.26. The number of nitrogens with one attached hydrogen (secondary N) is 1. The molecule has 106 valence electrons. The van der Waals surface area contributed by atoms with Crippen LogP contribution in [0.2, 0.25) is 0 Å². The monoisotopic (exact) mass is 270 g/mol. The second kappa shape index (κ2) is 5.90. The van der Waals surface area contributed by atoms with Crippen molar-refractivity contribution >= 4 is 10.9 Å². The second-order valence-electron chi connectivity index (χ2n) is 5.58. The first-order valence-corrected chi connectivity index (χ1v) is 7.43. The Kier molecular flexibility index (Phi) is 3.99. The molecule has 0 bridgehead atoms. The number of ether oxygens (including phenoxy) is 1. The zero-order chi connectivity index (χ0) is 13.9. The van der Waals surface area contributed by atoms with Crippen molar-refractivity contribution in [2.24, 2.45) is 0 Å². The van der Waals surface area contributed by atoms with Crippen molar-refractivity contribution in [3.05, 3.63) is 41.1 Å². The number of aromatic nitrogens is 1. The molecule has 1 N–H and O–H groups in total. The Bertz CT molecular complexity index is 603. The van der Waals surface area contributed by atoms with Crippen LogP contribution in [0.3, 0.4) is 0 Å². The van der Waals surface area contributed by atoms with Gasteiger partial charge in [-0.15, -0.1) is 0 Å². The molecule has 0 radical (unpaired) electrons. The summed E-state index contributed by atoms with van der Waals surface area (Å²) in [6.45, 7) is 7.00. The van der Waals surface area contributed by atoms with Crippen molar-refractivity contribution in [1.82, 2.24) is 10.3 Å². The minimum absolute atomic E-state index is 0.393. The summed E-state index contributed by atoms with van der Waals surface area (Å²) in [5, 5.41) is 4.81. The molecule has 3 heteroatoms. The molecule has 3 rings (SSSR count). The number of hydrogen-bond donors (Lipinski definition) is 1. The van der Waals surface area contributed by atoms with Crippen molar-refractivity contribution in [2.45, 2.75) is 39.3 Å². The molecule has 1 saturated heterocycles. The molecule has 0 aliphatic carbocycles. The number of fused-ring (bicyclic) bond motifs is 1. The maximum absolute atomic E-state index is 5.66. The molecule has 3 nitrogen and oxygen atoms in total. The average molecular weight is 270 g/mol. The highest BCUT2D eigenvalue weighted by Gasteiger charge is 2.15. The van der Waals surface area contributed by atoms with E-state index in [1.807, 2.05) is 6.07 Å². The number of aryl methyl sites for hydroxylation is 1. The fourth-order valence-electron chi connectivity index (χ4n) is 2.90. The van der Waals surface area contributed by atoms with Gasteiger partial charge in [-0.25, -0.2) is 0 Å². The molecule has 0 saturated carbocycles. The zero-order valence-corrected chi connectivity index (χ0v) is 12.3. The van der Waals surface area contributed by atoms with Crippen LogP contribution in [-0.2, 0) is 11.3 Å². The molecule has 1 unspecified atom stereocenters. The van der Waals surface area contributed by atoms with Crippen molar-refractivity contribution in [1.29, 1.82) is 0 Å². The van der Waals surface area contributed by atoms with Gasteiger partial charge in [0.2, 0.25) is 0 Å². The Hall–Kier alpha value is -1.45. The van der Waals surface area contributed by atoms with E-state index in [4.69, 9.17) is 4.74 Å². The first-order chi connectivity index (χ1) is 9.75. The number of pyridine rings is 1. The van der Waals surface area contributed by atoms with Gasteiger partial charge in [-0.1, -0.05) is 18.2 Å². The number of rotatable bonds is 4. The molecule has 20 heavy (non-hydrogen) atoms. The molecular formula is C17H22N2O. The molecular weight excluding hydrogens is 248 g/mol. The highest BCUT2D eigenvalue weighted by atomic mass is 16.5. The maximum atomic E-state index is 5.66. The molecule has 1 aliphatic rings. The molecule has 2 aromatic rings. The molecule has 1 aromatic carbocycles. The summed E-state index contributed by atoms with van der Waals surface area (Å²) in [5.74, 6) is 0. The highest BCUT2D eigenvalue weighted by molar-refractivity contribution is 5.83. The predicted molar refractivity (Wildman–Crippen MR) is 81.9 cm³/mol. The zero-order valence-electron chi connectivity index (χ0n) is 12.3. The summed E-state index contributed by atoms with van der Waals surface area (Å²) in [4.78, 5) is 4.67. The van der Waals surface area contributed by atoms with Crippen LogP contribution >= 0.6 is 0 Å². The van der Waals surface area contributed by atoms with Crippen molar-refractivity contribution in [3.63, 3.8) is 0 Å². The first-order valence-electron chi connectivity index (χ1n) is 7.43. The number of para-hydroxylation sites is 1. The van der Waals surface area contributed by atoms with E-state index in [0.717, 1.165) is 30.9 Å². The van der Waals surface area contributed by atoms with E-state index < -0.39 is 0 Å². The van der Waals surface area contributed by atoms with Gasteiger partial charge >= 0.3 is 0 Å². The fraction of sp³-hybridized carbons (Fsp3) is 0.471. The summed E-state index contributed by atoms with van der Waals surface area (Å²) < 4.78 is 5.66. The lowest BCUT2D eigenvalue weighted by molar-refractivity contribution is 0.110. The van der Waals surface area contributed by atoms with Crippen molar-refractivity contribution < 1.29 is 4.74 Å². The van der Waals surface area contributed by atoms with Gasteiger partial charge in [0.1, 0.15) is 0 Å². The number of benzene rings is 1. The largest absolute Gasteiger partial charge is 0.377 e. The van der Waals surface area contributed by atoms with Gasteiger partial charge in [-0.3, -0.25) is 4.98 Å². The molecule has 0 amide bonds. The van der Waals surface area contributed by atoms with E-state index in [0.29, 0.717) is 6.10 Å². The average Bonchev–Trinajstić information content (AvgIpc) is 2.96. The van der Waals surface area contributed by atoms with Crippen LogP contribution in [0.5, 0.6) is 0 Å². The summed E-state index contributed by atoms with van der Waals surface area (Å²) in [5.41, 5.74) is 4.87. The topological polar surface area (TPSA) is 34.2 Å². The third kappa shape index (κ3) is 2.69. The molecule has 1 fully saturated rings. The van der Waals surface area contributed by atoms with Crippen molar-refractivity contribution in [2.75, 3.05) is 13.2 Å². The third-order valence-corrected chi connectivity index (χ3v) is 4.21. The predicted octanol–water partition coefficient (Wildman–Crippen LogP) is 3.12. The van der Waals surface area contributed by atoms with Crippen molar-refractivity contribution in [3.8, 4) is 0 Å². The van der Waals surface area contributed by atoms with Gasteiger partial charge in [-0.2, -0.15) is 0 Å². The first kappa shape index (κ1) is 13.5. The molecule has 1 aliphatic heterocycles. The van der Waals surface area contributed by atoms with E-state index in [9.17, 15) is 0 Å². The quantitative estimate of drug-likeness (QED) is 0.927. The van der Waals surface area contributed by atoms with Crippen LogP contribution in [-0.4, -0.2) is 24.2 Å². The van der Waals surface area contributed by atoms with E-state index in [2.05, 4.69) is 42.3 Å². The summed E-state index contributed by atoms with van der Waals surface area (Å²) in [6, 6.07) is 8.39. The van der Waals surface area contributed by atoms with Crippen LogP contribution < -0.4 is 5.32 Å². The van der Waals surface area contributed by atoms with E-state index in [1.54, 1.807) is 0 Å². The van der Waals surface area contributed by atoms with Crippen LogP contribution in [0.15, 0.2) is 24.3 Å². The molecule has 2 heterocycles. The molecule has 1 atom stereocenters. The Balaban J connectivity index is 1.80. The molecule has 0 spiro atoms. The third-order valence-electron chi connectivity index (χ3n) is 4.21. The highest BCUT2D eigenvalue weighted by Crippen LogP contribution is 2.22. The normalized spacial score (nSPS) is 18.8. The summed E-state index contributed by atoms with van der Waals surface area (Å²) in [6.07, 6.45) is 2.77. The minimum Gasteiger partial charge on any atom is -0.377 e. The van der Waals surface area contributed by atoms with Gasteiger partial charge in [0.15, 0.2) is 0 Å². The standard InChI is InChI=1S/C17H22N2O/c1-12-13(2)19-17-8-4-3-7-15(17)16(12)11-18-10-14-6-5-9-20-14/h3-4,7-8,14,18H,5-6,9-11H2,1-2H3. The Labute approximate surface area is 120 Å². The molecule has 1 aromatic heterocycles. The Morgan fingerprint density at radius 1 is 1.30 bits per heavy atom. The second-order valence-corrected chi connectivity index (χ2v) is 5.58. The SMILES string of the molecule is Cc1nc2ccccc2c(CNCC2CCCO2)c1C. The van der Waals surface area contributed by atoms with E-state index in [-0.39, 0.29) is 0 Å². The maximum Gasteiger partial charge on any atom is 0.0708 e. The number of nitrogens with zero attached hydrogens (tertiary/aromatic N) is 1. The van der Waals surface area contributed by atoms with Crippen LogP contribution in [0, 0.1) is 13.8 Å². The smallest absolute Gasteiger partial charge is 0.0708 e. The van der Waals surface area contributed by atoms with Crippen LogP contribution in [0.1, 0.15) is 29.7 Å². The van der Waals surface area contributed by atoms with Gasteiger partial charge in [-0.05, 0) is 43.9 Å². The number of hydrogen-bond acceptors (Lipinski definition) is 3. The summed E-state index contributed by atoms with van der Waals surface area (Å²) in [7, 11) is 0. The summed E-state index contributed by atoms with van der Waals surface area (Å²) >= 11 is 0. The van der Waals surface area contributed by atoms with Crippen LogP contribution in [0.4, 0.5) is 0 Å². The van der Waals surface area contributed by atoms with Gasteiger partial charge < -0.3 is 10.1 Å². The van der Waals surface area contributed by atoms with Gasteiger partial charge in [0.25, 0.3) is 0 Å². The van der Waals surface area contributed by atoms with E-state index in [1.165, 1.54) is 29.4 Å². The van der Waals surface area contributed by atoms with E-state index >= 15 is 0 Å². The van der Waals surface area contributed by atoms with Gasteiger partial charge in [0.05, 0.1) is 11.6 Å². The van der Waals surface area contributed by atoms with Gasteiger partial charge in [0, 0.05) is 30.8 Å². The fourth-order valence-corrected chi connectivity index (χ4v) is 2.90. The Morgan fingerprint density at radius 3 is 2.95 bits per heavy atom.